The Morgan fingerprint density at radius 2 is 2.17 bits per heavy atom. The Bertz CT molecular complexity index is 853. The summed E-state index contributed by atoms with van der Waals surface area (Å²) < 4.78 is 2.12. The lowest BCUT2D eigenvalue weighted by Crippen LogP contribution is -2.12. The monoisotopic (exact) mass is 341 g/mol. The van der Waals surface area contributed by atoms with E-state index < -0.39 is 5.91 Å². The number of hydrogen-bond acceptors (Lipinski definition) is 5. The second kappa shape index (κ2) is 6.92. The third-order valence-corrected chi connectivity index (χ3v) is 4.78. The van der Waals surface area contributed by atoms with Gasteiger partial charge in [-0.3, -0.25) is 14.8 Å². The molecule has 0 aromatic carbocycles. The van der Waals surface area contributed by atoms with E-state index >= 15 is 0 Å². The fourth-order valence-electron chi connectivity index (χ4n) is 2.63. The summed E-state index contributed by atoms with van der Waals surface area (Å²) in [5, 5.41) is 2.78. The van der Waals surface area contributed by atoms with Gasteiger partial charge in [0.05, 0.1) is 23.1 Å². The van der Waals surface area contributed by atoms with E-state index in [1.165, 1.54) is 11.3 Å². The molecule has 3 aromatic heterocycles. The largest absolute Gasteiger partial charge is 0.366 e. The van der Waals surface area contributed by atoms with Gasteiger partial charge >= 0.3 is 0 Å². The summed E-state index contributed by atoms with van der Waals surface area (Å²) in [5.41, 5.74) is 9.44. The van der Waals surface area contributed by atoms with Crippen LogP contribution in [0.15, 0.2) is 30.0 Å². The third-order valence-electron chi connectivity index (χ3n) is 3.92. The molecule has 3 heterocycles. The van der Waals surface area contributed by atoms with Crippen molar-refractivity contribution in [3.63, 3.8) is 0 Å². The summed E-state index contributed by atoms with van der Waals surface area (Å²) in [4.78, 5) is 24.7. The molecule has 0 fully saturated rings. The van der Waals surface area contributed by atoms with E-state index in [2.05, 4.69) is 26.4 Å². The van der Waals surface area contributed by atoms with Gasteiger partial charge in [0.15, 0.2) is 0 Å². The number of primary amides is 1. The van der Waals surface area contributed by atoms with Crippen molar-refractivity contribution in [2.75, 3.05) is 0 Å². The molecule has 1 amide bonds. The van der Waals surface area contributed by atoms with Crippen LogP contribution in [0.2, 0.25) is 0 Å². The van der Waals surface area contributed by atoms with Gasteiger partial charge < -0.3 is 10.3 Å². The van der Waals surface area contributed by atoms with Gasteiger partial charge in [0.25, 0.3) is 5.91 Å². The highest BCUT2D eigenvalue weighted by Crippen LogP contribution is 2.30. The molecule has 0 saturated heterocycles. The van der Waals surface area contributed by atoms with Crippen LogP contribution in [0, 0.1) is 6.92 Å². The highest BCUT2D eigenvalue weighted by molar-refractivity contribution is 7.13. The highest BCUT2D eigenvalue weighted by atomic mass is 32.1. The molecule has 6 nitrogen and oxygen atoms in total. The third kappa shape index (κ3) is 3.07. The number of rotatable bonds is 6. The minimum atomic E-state index is -0.409. The zero-order chi connectivity index (χ0) is 17.1. The maximum absolute atomic E-state index is 11.7. The number of amides is 1. The van der Waals surface area contributed by atoms with Crippen LogP contribution in [-0.4, -0.2) is 25.4 Å². The number of nitrogens with zero attached hydrogens (tertiary/aromatic N) is 4. The topological polar surface area (TPSA) is 86.7 Å². The second-order valence-corrected chi connectivity index (χ2v) is 6.38. The zero-order valence-corrected chi connectivity index (χ0v) is 14.5. The van der Waals surface area contributed by atoms with Crippen LogP contribution in [0.1, 0.15) is 35.8 Å². The normalized spacial score (nSPS) is 10.9. The zero-order valence-electron chi connectivity index (χ0n) is 13.7. The predicted octanol–water partition coefficient (Wildman–Crippen LogP) is 3.28. The Kier molecular flexibility index (Phi) is 4.71. The quantitative estimate of drug-likeness (QED) is 0.745. The average molecular weight is 341 g/mol. The van der Waals surface area contributed by atoms with Crippen LogP contribution >= 0.6 is 11.3 Å². The molecule has 0 spiro atoms. The van der Waals surface area contributed by atoms with Crippen molar-refractivity contribution in [3.8, 4) is 22.1 Å². The van der Waals surface area contributed by atoms with Gasteiger partial charge in [-0.05, 0) is 19.4 Å². The summed E-state index contributed by atoms with van der Waals surface area (Å²) in [7, 11) is 0. The molecule has 0 atom stereocenters. The maximum atomic E-state index is 11.7. The fourth-order valence-corrected chi connectivity index (χ4v) is 3.40. The van der Waals surface area contributed by atoms with Crippen LogP contribution in [0.3, 0.4) is 0 Å². The van der Waals surface area contributed by atoms with Gasteiger partial charge in [-0.15, -0.1) is 11.3 Å². The lowest BCUT2D eigenvalue weighted by atomic mass is 10.2. The van der Waals surface area contributed by atoms with Crippen molar-refractivity contribution in [2.24, 2.45) is 5.73 Å². The maximum Gasteiger partial charge on any atom is 0.250 e. The van der Waals surface area contributed by atoms with Crippen molar-refractivity contribution in [3.05, 3.63) is 41.3 Å². The molecule has 7 heteroatoms. The van der Waals surface area contributed by atoms with E-state index in [0.717, 1.165) is 47.2 Å². The first kappa shape index (κ1) is 16.3. The van der Waals surface area contributed by atoms with Crippen LogP contribution in [0.4, 0.5) is 0 Å². The standard InChI is InChI=1S/C17H19N5OS/c1-3-4-7-22-11(2)12(16(18)23)8-15(22)14-10-24-17(21-14)13-9-19-5-6-20-13/h5-6,8-10H,3-4,7H2,1-2H3,(H2,18,23). The molecule has 0 radical (unpaired) electrons. The lowest BCUT2D eigenvalue weighted by Gasteiger charge is -2.09. The molecular weight excluding hydrogens is 322 g/mol. The number of carbonyl (C=O) groups excluding carboxylic acids is 1. The van der Waals surface area contributed by atoms with Gasteiger partial charge in [-0.2, -0.15) is 0 Å². The van der Waals surface area contributed by atoms with E-state index in [9.17, 15) is 4.79 Å². The minimum absolute atomic E-state index is 0.409. The molecule has 0 saturated carbocycles. The van der Waals surface area contributed by atoms with Crippen molar-refractivity contribution in [1.82, 2.24) is 19.5 Å². The summed E-state index contributed by atoms with van der Waals surface area (Å²) in [6, 6.07) is 1.84. The molecule has 124 valence electrons. The van der Waals surface area contributed by atoms with E-state index in [1.807, 2.05) is 18.4 Å². The van der Waals surface area contributed by atoms with Crippen molar-refractivity contribution in [2.45, 2.75) is 33.2 Å². The molecule has 0 aliphatic heterocycles. The SMILES string of the molecule is CCCCn1c(-c2csc(-c3cnccn3)n2)cc(C(N)=O)c1C. The fraction of sp³-hybridized carbons (Fsp3) is 0.294. The molecule has 0 aliphatic rings. The molecule has 0 aliphatic carbocycles. The van der Waals surface area contributed by atoms with Gasteiger partial charge in [-0.25, -0.2) is 4.98 Å². The van der Waals surface area contributed by atoms with Crippen LogP contribution < -0.4 is 5.73 Å². The number of carbonyl (C=O) groups is 1. The van der Waals surface area contributed by atoms with Crippen molar-refractivity contribution in [1.29, 1.82) is 0 Å². The van der Waals surface area contributed by atoms with E-state index in [-0.39, 0.29) is 0 Å². The Hall–Kier alpha value is -2.54. The van der Waals surface area contributed by atoms with Crippen molar-refractivity contribution < 1.29 is 4.79 Å². The van der Waals surface area contributed by atoms with Crippen molar-refractivity contribution >= 4 is 17.2 Å². The Labute approximate surface area is 144 Å². The summed E-state index contributed by atoms with van der Waals surface area (Å²) in [6.45, 7) is 4.90. The lowest BCUT2D eigenvalue weighted by molar-refractivity contribution is 0.0999. The molecule has 0 unspecified atom stereocenters. The number of nitrogens with two attached hydrogens (primary N) is 1. The molecular formula is C17H19N5OS. The first-order chi connectivity index (χ1) is 11.6. The van der Waals surface area contributed by atoms with Crippen LogP contribution in [-0.2, 0) is 6.54 Å². The summed E-state index contributed by atoms with van der Waals surface area (Å²) in [6.07, 6.45) is 7.08. The van der Waals surface area contributed by atoms with Gasteiger partial charge in [0, 0.05) is 30.0 Å². The number of unbranched alkanes of at least 4 members (excludes halogenated alkanes) is 1. The molecule has 3 rings (SSSR count). The summed E-state index contributed by atoms with van der Waals surface area (Å²) >= 11 is 1.51. The number of hydrogen-bond donors (Lipinski definition) is 1. The molecule has 2 N–H and O–H groups in total. The average Bonchev–Trinajstić information content (AvgIpc) is 3.19. The molecule has 24 heavy (non-hydrogen) atoms. The van der Waals surface area contributed by atoms with Gasteiger partial charge in [0.1, 0.15) is 10.7 Å². The van der Waals surface area contributed by atoms with Gasteiger partial charge in [-0.1, -0.05) is 13.3 Å². The second-order valence-electron chi connectivity index (χ2n) is 5.53. The summed E-state index contributed by atoms with van der Waals surface area (Å²) in [5.74, 6) is -0.409. The minimum Gasteiger partial charge on any atom is -0.366 e. The number of thiazole rings is 1. The van der Waals surface area contributed by atoms with Crippen LogP contribution in [0.25, 0.3) is 22.1 Å². The first-order valence-corrected chi connectivity index (χ1v) is 8.72. The molecule has 0 bridgehead atoms. The Balaban J connectivity index is 2.04. The Morgan fingerprint density at radius 3 is 2.83 bits per heavy atom. The smallest absolute Gasteiger partial charge is 0.250 e. The molecule has 3 aromatic rings. The number of aromatic nitrogens is 4. The van der Waals surface area contributed by atoms with Gasteiger partial charge in [0.2, 0.25) is 0 Å². The van der Waals surface area contributed by atoms with E-state index in [4.69, 9.17) is 5.73 Å². The predicted molar refractivity (Wildman–Crippen MR) is 94.7 cm³/mol. The van der Waals surface area contributed by atoms with Crippen LogP contribution in [0.5, 0.6) is 0 Å². The highest BCUT2D eigenvalue weighted by Gasteiger charge is 2.18. The van der Waals surface area contributed by atoms with E-state index in [0.29, 0.717) is 5.56 Å². The van der Waals surface area contributed by atoms with E-state index in [1.54, 1.807) is 18.6 Å². The Morgan fingerprint density at radius 1 is 1.33 bits per heavy atom. The first-order valence-electron chi connectivity index (χ1n) is 7.84.